The lowest BCUT2D eigenvalue weighted by Crippen LogP contribution is -2.02. The van der Waals surface area contributed by atoms with Gasteiger partial charge in [0.25, 0.3) is 0 Å². The van der Waals surface area contributed by atoms with E-state index in [9.17, 15) is 13.6 Å². The average molecular weight is 256 g/mol. The Bertz CT molecular complexity index is 648. The monoisotopic (exact) mass is 256 g/mol. The van der Waals surface area contributed by atoms with Crippen LogP contribution in [0.3, 0.4) is 0 Å². The predicted molar refractivity (Wildman–Crippen MR) is 58.3 cm³/mol. The number of halogens is 2. The molecule has 0 bridgehead atoms. The van der Waals surface area contributed by atoms with Crippen molar-refractivity contribution in [2.45, 2.75) is 0 Å². The molecule has 0 fully saturated rings. The zero-order chi connectivity index (χ0) is 12.6. The first-order valence-electron chi connectivity index (χ1n) is 4.49. The molecule has 88 valence electrons. The van der Waals surface area contributed by atoms with Crippen LogP contribution in [0.1, 0.15) is 10.4 Å². The minimum atomic E-state index is -1.35. The van der Waals surface area contributed by atoms with Crippen molar-refractivity contribution in [1.29, 1.82) is 0 Å². The van der Waals surface area contributed by atoms with E-state index in [1.54, 1.807) is 0 Å². The minimum absolute atomic E-state index is 0.0313. The summed E-state index contributed by atoms with van der Waals surface area (Å²) in [6.45, 7) is 0. The Labute approximate surface area is 98.9 Å². The van der Waals surface area contributed by atoms with Crippen LogP contribution in [0.2, 0.25) is 0 Å². The number of benzene rings is 1. The van der Waals surface area contributed by atoms with Gasteiger partial charge in [0.2, 0.25) is 0 Å². The lowest BCUT2D eigenvalue weighted by molar-refractivity contribution is 0.0697. The molecule has 2 rings (SSSR count). The van der Waals surface area contributed by atoms with E-state index in [0.29, 0.717) is 10.7 Å². The summed E-state index contributed by atoms with van der Waals surface area (Å²) in [5.74, 6) is -3.68. The molecule has 4 nitrogen and oxygen atoms in total. The number of H-pyrrole nitrogens is 2. The van der Waals surface area contributed by atoms with Gasteiger partial charge in [-0.25, -0.2) is 13.6 Å². The Morgan fingerprint density at radius 1 is 1.18 bits per heavy atom. The summed E-state index contributed by atoms with van der Waals surface area (Å²) in [5, 5.41) is 14.0. The van der Waals surface area contributed by atoms with E-state index < -0.39 is 17.6 Å². The van der Waals surface area contributed by atoms with E-state index in [-0.39, 0.29) is 16.8 Å². The molecule has 0 amide bonds. The second-order valence-electron chi connectivity index (χ2n) is 3.29. The molecule has 1 aromatic heterocycles. The quantitative estimate of drug-likeness (QED) is 0.723. The van der Waals surface area contributed by atoms with Crippen molar-refractivity contribution in [2.75, 3.05) is 0 Å². The van der Waals surface area contributed by atoms with Crippen LogP contribution in [0.25, 0.3) is 11.3 Å². The average Bonchev–Trinajstić information content (AvgIpc) is 2.68. The highest BCUT2D eigenvalue weighted by Gasteiger charge is 2.17. The van der Waals surface area contributed by atoms with E-state index in [2.05, 4.69) is 10.2 Å². The van der Waals surface area contributed by atoms with Crippen molar-refractivity contribution in [3.8, 4) is 11.3 Å². The molecular formula is C10H6F2N2O2S. The normalized spacial score (nSPS) is 10.5. The summed E-state index contributed by atoms with van der Waals surface area (Å²) in [6.07, 6.45) is 0. The Morgan fingerprint density at radius 3 is 2.35 bits per heavy atom. The van der Waals surface area contributed by atoms with Gasteiger partial charge in [0.1, 0.15) is 4.64 Å². The second kappa shape index (κ2) is 4.10. The van der Waals surface area contributed by atoms with Crippen molar-refractivity contribution >= 4 is 18.2 Å². The molecule has 0 atom stereocenters. The van der Waals surface area contributed by atoms with Crippen molar-refractivity contribution in [2.24, 2.45) is 0 Å². The Morgan fingerprint density at radius 2 is 1.82 bits per heavy atom. The fourth-order valence-electron chi connectivity index (χ4n) is 1.42. The lowest BCUT2D eigenvalue weighted by atomic mass is 10.0. The fourth-order valence-corrected chi connectivity index (χ4v) is 1.59. The maximum Gasteiger partial charge on any atom is 0.336 e. The van der Waals surface area contributed by atoms with Gasteiger partial charge in [-0.2, -0.15) is 0 Å². The third-order valence-electron chi connectivity index (χ3n) is 2.18. The van der Waals surface area contributed by atoms with Crippen LogP contribution >= 0.6 is 12.2 Å². The number of aromatic nitrogens is 2. The summed E-state index contributed by atoms with van der Waals surface area (Å²) in [5.41, 5.74) is -0.0239. The molecule has 1 aromatic carbocycles. The maximum atomic E-state index is 13.1. The van der Waals surface area contributed by atoms with Crippen LogP contribution in [-0.4, -0.2) is 21.3 Å². The van der Waals surface area contributed by atoms with Crippen LogP contribution in [0.15, 0.2) is 18.2 Å². The predicted octanol–water partition coefficient (Wildman–Crippen LogP) is 2.72. The van der Waals surface area contributed by atoms with Crippen LogP contribution in [-0.2, 0) is 0 Å². The molecule has 0 unspecified atom stereocenters. The van der Waals surface area contributed by atoms with Gasteiger partial charge in [-0.05, 0) is 18.2 Å². The molecule has 0 saturated heterocycles. The largest absolute Gasteiger partial charge is 0.478 e. The SMILES string of the molecule is O=C(O)c1cc(F)c(F)cc1-c1cc(=S)[nH][nH]1. The Balaban J connectivity index is 2.71. The molecule has 7 heteroatoms. The number of carboxylic acid groups (broad SMARTS) is 1. The molecule has 0 saturated carbocycles. The van der Waals surface area contributed by atoms with E-state index in [1.165, 1.54) is 6.07 Å². The fraction of sp³-hybridized carbons (Fsp3) is 0. The smallest absolute Gasteiger partial charge is 0.336 e. The van der Waals surface area contributed by atoms with Gasteiger partial charge >= 0.3 is 5.97 Å². The zero-order valence-corrected chi connectivity index (χ0v) is 9.07. The van der Waals surface area contributed by atoms with E-state index >= 15 is 0 Å². The number of carboxylic acids is 1. The number of carbonyl (C=O) groups is 1. The van der Waals surface area contributed by atoms with Crippen molar-refractivity contribution in [3.63, 3.8) is 0 Å². The molecule has 0 radical (unpaired) electrons. The third kappa shape index (κ3) is 2.09. The van der Waals surface area contributed by atoms with E-state index in [4.69, 9.17) is 17.3 Å². The topological polar surface area (TPSA) is 68.9 Å². The molecule has 1 heterocycles. The molecule has 0 aliphatic heterocycles. The number of nitrogens with one attached hydrogen (secondary N) is 2. The Hall–Kier alpha value is -2.02. The first-order valence-corrected chi connectivity index (χ1v) is 4.90. The summed E-state index contributed by atoms with van der Waals surface area (Å²) in [4.78, 5) is 10.9. The molecule has 0 spiro atoms. The maximum absolute atomic E-state index is 13.1. The first-order chi connectivity index (χ1) is 7.99. The summed E-state index contributed by atoms with van der Waals surface area (Å²) < 4.78 is 26.4. The second-order valence-corrected chi connectivity index (χ2v) is 3.73. The standard InChI is InChI=1S/C10H6F2N2O2S/c11-6-1-4(8-3-9(17)14-13-8)5(10(15)16)2-7(6)12/h1-3H,(H,15,16)(H2,13,14,17). The van der Waals surface area contributed by atoms with Gasteiger partial charge in [-0.1, -0.05) is 12.2 Å². The third-order valence-corrected chi connectivity index (χ3v) is 2.40. The van der Waals surface area contributed by atoms with Gasteiger partial charge in [0.15, 0.2) is 11.6 Å². The molecule has 0 aliphatic carbocycles. The number of rotatable bonds is 2. The van der Waals surface area contributed by atoms with Gasteiger partial charge < -0.3 is 5.11 Å². The molecular weight excluding hydrogens is 250 g/mol. The van der Waals surface area contributed by atoms with Crippen LogP contribution < -0.4 is 0 Å². The summed E-state index contributed by atoms with van der Waals surface area (Å²) in [6, 6.07) is 2.87. The van der Waals surface area contributed by atoms with Crippen molar-refractivity contribution in [3.05, 3.63) is 40.0 Å². The molecule has 2 aromatic rings. The van der Waals surface area contributed by atoms with E-state index in [0.717, 1.165) is 6.07 Å². The minimum Gasteiger partial charge on any atom is -0.478 e. The van der Waals surface area contributed by atoms with Crippen LogP contribution in [0.5, 0.6) is 0 Å². The zero-order valence-electron chi connectivity index (χ0n) is 8.25. The van der Waals surface area contributed by atoms with Crippen LogP contribution in [0.4, 0.5) is 8.78 Å². The van der Waals surface area contributed by atoms with Gasteiger partial charge in [0, 0.05) is 5.56 Å². The van der Waals surface area contributed by atoms with Crippen molar-refractivity contribution < 1.29 is 18.7 Å². The number of hydrogen-bond acceptors (Lipinski definition) is 2. The molecule has 17 heavy (non-hydrogen) atoms. The number of hydrogen-bond donors (Lipinski definition) is 3. The first kappa shape index (κ1) is 11.5. The van der Waals surface area contributed by atoms with Crippen LogP contribution in [0, 0.1) is 16.3 Å². The van der Waals surface area contributed by atoms with Gasteiger partial charge in [-0.3, -0.25) is 10.2 Å². The van der Waals surface area contributed by atoms with Gasteiger partial charge in [0.05, 0.1) is 11.3 Å². The lowest BCUT2D eigenvalue weighted by Gasteiger charge is -2.04. The highest BCUT2D eigenvalue weighted by atomic mass is 32.1. The molecule has 3 N–H and O–H groups in total. The Kier molecular flexibility index (Phi) is 2.76. The highest BCUT2D eigenvalue weighted by Crippen LogP contribution is 2.24. The van der Waals surface area contributed by atoms with Crippen molar-refractivity contribution in [1.82, 2.24) is 10.2 Å². The summed E-state index contributed by atoms with van der Waals surface area (Å²) in [7, 11) is 0. The number of aromatic amines is 2. The molecule has 0 aliphatic rings. The summed E-state index contributed by atoms with van der Waals surface area (Å²) >= 11 is 4.80. The van der Waals surface area contributed by atoms with E-state index in [1.807, 2.05) is 0 Å². The number of aromatic carboxylic acids is 1. The highest BCUT2D eigenvalue weighted by molar-refractivity contribution is 7.71. The van der Waals surface area contributed by atoms with Gasteiger partial charge in [-0.15, -0.1) is 0 Å².